The number of hydrogen-bond acceptors (Lipinski definition) is 14. The molecule has 0 radical (unpaired) electrons. The van der Waals surface area contributed by atoms with E-state index >= 15 is 0 Å². The number of rotatable bonds is 10. The zero-order chi connectivity index (χ0) is 33.5. The number of hydrogen-bond donors (Lipinski definition) is 5. The Morgan fingerprint density at radius 3 is 2.29 bits per heavy atom. The molecule has 2 aliphatic heterocycles. The SMILES string of the molecule is COC(=O)[C@H]1[C@@H](O)[C@@]2(O)c3c(OC)cc(O[C@@H]4O[C@@H]([C@H](O)CO)CO[C@H]4OC)cc3O[C@@]2(c2ccc(OC)cc2)[C@@H]1c1ccccc1.N. The fourth-order valence-electron chi connectivity index (χ4n) is 7.11. The van der Waals surface area contributed by atoms with Gasteiger partial charge in [0.1, 0.15) is 41.3 Å². The Labute approximate surface area is 277 Å². The third-order valence-electron chi connectivity index (χ3n) is 9.25. The largest absolute Gasteiger partial charge is 0.497 e. The van der Waals surface area contributed by atoms with Gasteiger partial charge < -0.3 is 64.5 Å². The van der Waals surface area contributed by atoms with Crippen LogP contribution in [-0.2, 0) is 34.9 Å². The minimum atomic E-state index is -2.25. The highest BCUT2D eigenvalue weighted by atomic mass is 16.8. The number of ether oxygens (including phenoxy) is 8. The second kappa shape index (κ2) is 13.9. The van der Waals surface area contributed by atoms with Gasteiger partial charge in [0.05, 0.1) is 46.0 Å². The fourth-order valence-corrected chi connectivity index (χ4v) is 7.11. The van der Waals surface area contributed by atoms with Crippen LogP contribution in [0.25, 0.3) is 0 Å². The molecule has 6 rings (SSSR count). The zero-order valence-electron chi connectivity index (χ0n) is 27.0. The van der Waals surface area contributed by atoms with Gasteiger partial charge in [-0.05, 0) is 23.3 Å². The molecule has 14 nitrogen and oxygen atoms in total. The number of esters is 1. The maximum atomic E-state index is 13.5. The molecule has 0 spiro atoms. The molecule has 2 heterocycles. The second-order valence-electron chi connectivity index (χ2n) is 11.6. The molecule has 3 aliphatic rings. The molecule has 0 aromatic heterocycles. The van der Waals surface area contributed by atoms with Crippen molar-refractivity contribution in [3.8, 4) is 23.0 Å². The highest BCUT2D eigenvalue weighted by Gasteiger charge is 2.78. The van der Waals surface area contributed by atoms with Gasteiger partial charge in [0, 0.05) is 25.2 Å². The van der Waals surface area contributed by atoms with E-state index in [1.165, 1.54) is 40.6 Å². The Balaban J connectivity index is 0.00000451. The van der Waals surface area contributed by atoms with Gasteiger partial charge >= 0.3 is 5.97 Å². The van der Waals surface area contributed by atoms with Crippen molar-refractivity contribution in [2.24, 2.45) is 5.92 Å². The van der Waals surface area contributed by atoms with Crippen LogP contribution in [0.5, 0.6) is 23.0 Å². The normalized spacial score (nSPS) is 31.0. The van der Waals surface area contributed by atoms with Crippen LogP contribution < -0.4 is 25.1 Å². The highest BCUT2D eigenvalue weighted by molar-refractivity contribution is 5.78. The van der Waals surface area contributed by atoms with E-state index in [0.29, 0.717) is 16.9 Å². The first kappa shape index (κ1) is 35.3. The minimum Gasteiger partial charge on any atom is -0.497 e. The fraction of sp³-hybridized carbons (Fsp3) is 0.441. The van der Waals surface area contributed by atoms with Crippen molar-refractivity contribution < 1.29 is 63.1 Å². The van der Waals surface area contributed by atoms with Crippen LogP contribution in [0.15, 0.2) is 66.7 Å². The van der Waals surface area contributed by atoms with Crippen molar-refractivity contribution in [1.29, 1.82) is 0 Å². The number of aliphatic hydroxyl groups excluding tert-OH is 3. The summed E-state index contributed by atoms with van der Waals surface area (Å²) in [5.74, 6) is -2.05. The number of benzene rings is 3. The smallest absolute Gasteiger partial charge is 0.312 e. The molecule has 48 heavy (non-hydrogen) atoms. The van der Waals surface area contributed by atoms with E-state index in [2.05, 4.69) is 0 Å². The van der Waals surface area contributed by atoms with Crippen LogP contribution in [0.2, 0.25) is 0 Å². The number of methoxy groups -OCH3 is 4. The zero-order valence-corrected chi connectivity index (χ0v) is 27.0. The monoisotopic (exact) mass is 671 g/mol. The molecule has 1 saturated carbocycles. The average molecular weight is 672 g/mol. The minimum absolute atomic E-state index is 0. The van der Waals surface area contributed by atoms with Gasteiger partial charge in [-0.15, -0.1) is 0 Å². The maximum Gasteiger partial charge on any atom is 0.312 e. The molecule has 0 unspecified atom stereocenters. The highest BCUT2D eigenvalue weighted by Crippen LogP contribution is 2.70. The van der Waals surface area contributed by atoms with Crippen molar-refractivity contribution in [2.45, 2.75) is 48.0 Å². The van der Waals surface area contributed by atoms with Crippen LogP contribution in [0.4, 0.5) is 0 Å². The van der Waals surface area contributed by atoms with Gasteiger partial charge in [0.2, 0.25) is 6.29 Å². The summed E-state index contributed by atoms with van der Waals surface area (Å²) in [5, 5.41) is 44.7. The van der Waals surface area contributed by atoms with Crippen molar-refractivity contribution >= 4 is 5.97 Å². The van der Waals surface area contributed by atoms with Crippen molar-refractivity contribution in [3.05, 3.63) is 83.4 Å². The van der Waals surface area contributed by atoms with Crippen molar-refractivity contribution in [3.63, 3.8) is 0 Å². The summed E-state index contributed by atoms with van der Waals surface area (Å²) in [6.45, 7) is -0.601. The maximum absolute atomic E-state index is 13.5. The quantitative estimate of drug-likeness (QED) is 0.195. The first-order valence-electron chi connectivity index (χ1n) is 15.0. The lowest BCUT2D eigenvalue weighted by Gasteiger charge is -2.40. The summed E-state index contributed by atoms with van der Waals surface area (Å²) in [6.07, 6.45) is -6.03. The number of carbonyl (C=O) groups is 1. The number of aliphatic hydroxyl groups is 4. The van der Waals surface area contributed by atoms with Gasteiger partial charge in [0.15, 0.2) is 11.2 Å². The predicted octanol–water partition coefficient (Wildman–Crippen LogP) is 1.73. The van der Waals surface area contributed by atoms with Crippen LogP contribution in [0.3, 0.4) is 0 Å². The number of fused-ring (bicyclic) bond motifs is 3. The first-order valence-corrected chi connectivity index (χ1v) is 15.0. The summed E-state index contributed by atoms with van der Waals surface area (Å²) >= 11 is 0. The molecule has 2 fully saturated rings. The molecule has 9 atom stereocenters. The van der Waals surface area contributed by atoms with Gasteiger partial charge in [0.25, 0.3) is 6.29 Å². The van der Waals surface area contributed by atoms with E-state index in [-0.39, 0.29) is 35.6 Å². The Morgan fingerprint density at radius 2 is 1.69 bits per heavy atom. The van der Waals surface area contributed by atoms with E-state index < -0.39 is 66.5 Å². The first-order chi connectivity index (χ1) is 22.7. The molecule has 14 heteroatoms. The number of carbonyl (C=O) groups excluding carboxylic acids is 1. The van der Waals surface area contributed by atoms with Crippen LogP contribution in [-0.4, -0.2) is 98.9 Å². The molecule has 1 saturated heterocycles. The van der Waals surface area contributed by atoms with E-state index in [4.69, 9.17) is 37.9 Å². The second-order valence-corrected chi connectivity index (χ2v) is 11.6. The van der Waals surface area contributed by atoms with Gasteiger partial charge in [-0.25, -0.2) is 0 Å². The summed E-state index contributed by atoms with van der Waals surface area (Å²) in [4.78, 5) is 13.5. The van der Waals surface area contributed by atoms with Crippen LogP contribution >= 0.6 is 0 Å². The Morgan fingerprint density at radius 1 is 0.979 bits per heavy atom. The lowest BCUT2D eigenvalue weighted by atomic mass is 9.70. The summed E-state index contributed by atoms with van der Waals surface area (Å²) in [6, 6.07) is 18.8. The third-order valence-corrected chi connectivity index (χ3v) is 9.25. The Kier molecular flexibility index (Phi) is 10.2. The van der Waals surface area contributed by atoms with E-state index in [1.54, 1.807) is 48.5 Å². The van der Waals surface area contributed by atoms with Gasteiger partial charge in [-0.1, -0.05) is 42.5 Å². The topological polar surface area (TPSA) is 207 Å². The Bertz CT molecular complexity index is 1570. The Hall–Kier alpha value is -3.99. The van der Waals surface area contributed by atoms with E-state index in [9.17, 15) is 25.2 Å². The molecule has 7 N–H and O–H groups in total. The standard InChI is InChI=1S/C34H38O13.H3N/c1-40-20-12-10-19(11-13-20)34-27(18-8-6-5-7-9-18)26(30(38)42-3)29(37)33(34,39)28-23(41-2)14-21(15-24(28)47-34)45-32-31(43-4)44-17-25(46-32)22(36)16-35;/h5-15,22,25-27,29,31-32,35-37,39H,16-17H2,1-4H3;1H3/t22-,25-,26-,27-,29-,31-,32-,33+,34+;/m1./s1. The average Bonchev–Trinajstić information content (AvgIpc) is 3.49. The summed E-state index contributed by atoms with van der Waals surface area (Å²) in [5.41, 5.74) is -2.88. The lowest BCUT2D eigenvalue weighted by molar-refractivity contribution is -0.324. The molecule has 3 aromatic rings. The van der Waals surface area contributed by atoms with Gasteiger partial charge in [-0.2, -0.15) is 0 Å². The summed E-state index contributed by atoms with van der Waals surface area (Å²) in [7, 11) is 5.54. The third kappa shape index (κ3) is 5.34. The molecule has 260 valence electrons. The molecular weight excluding hydrogens is 630 g/mol. The van der Waals surface area contributed by atoms with Gasteiger partial charge in [-0.3, -0.25) is 4.79 Å². The molecule has 3 aromatic carbocycles. The van der Waals surface area contributed by atoms with E-state index in [1.807, 2.05) is 6.07 Å². The van der Waals surface area contributed by atoms with E-state index in [0.717, 1.165) is 0 Å². The molecular formula is C34H41NO13. The lowest BCUT2D eigenvalue weighted by Crippen LogP contribution is -2.52. The van der Waals surface area contributed by atoms with Crippen molar-refractivity contribution in [1.82, 2.24) is 6.15 Å². The van der Waals surface area contributed by atoms with Crippen LogP contribution in [0.1, 0.15) is 22.6 Å². The molecule has 1 aliphatic carbocycles. The molecule has 0 bridgehead atoms. The summed E-state index contributed by atoms with van der Waals surface area (Å²) < 4.78 is 46.2. The molecule has 0 amide bonds. The van der Waals surface area contributed by atoms with Crippen molar-refractivity contribution in [2.75, 3.05) is 41.7 Å². The predicted molar refractivity (Wildman–Crippen MR) is 167 cm³/mol. The van der Waals surface area contributed by atoms with Crippen LogP contribution in [0, 0.1) is 5.92 Å².